The van der Waals surface area contributed by atoms with Crippen LogP contribution in [-0.2, 0) is 11.2 Å². The number of nitrogens with one attached hydrogen (secondary N) is 1. The highest BCUT2D eigenvalue weighted by atomic mass is 16.1. The van der Waals surface area contributed by atoms with Crippen LogP contribution in [0, 0.1) is 0 Å². The zero-order valence-corrected chi connectivity index (χ0v) is 15.7. The van der Waals surface area contributed by atoms with Crippen LogP contribution in [-0.4, -0.2) is 17.5 Å². The molecule has 0 aromatic heterocycles. The van der Waals surface area contributed by atoms with Crippen LogP contribution < -0.4 is 5.32 Å². The minimum atomic E-state index is -0.201. The lowest BCUT2D eigenvalue weighted by atomic mass is 9.93. The molecule has 3 aromatic rings. The first-order chi connectivity index (χ1) is 13.7. The fourth-order valence-corrected chi connectivity index (χ4v) is 3.41. The van der Waals surface area contributed by atoms with Crippen LogP contribution in [0.3, 0.4) is 0 Å². The van der Waals surface area contributed by atoms with E-state index in [9.17, 15) is 4.79 Å². The van der Waals surface area contributed by atoms with Crippen LogP contribution in [0.5, 0.6) is 0 Å². The van der Waals surface area contributed by atoms with E-state index >= 15 is 0 Å². The Bertz CT molecular complexity index is 1040. The number of fused-ring (bicyclic) bond motifs is 1. The van der Waals surface area contributed by atoms with Gasteiger partial charge in [0.25, 0.3) is 0 Å². The third-order valence-electron chi connectivity index (χ3n) is 4.72. The zero-order chi connectivity index (χ0) is 19.3. The molecule has 4 rings (SSSR count). The average molecular weight is 367 g/mol. The maximum Gasteiger partial charge on any atom is 0.229 e. The lowest BCUT2D eigenvalue weighted by Crippen LogP contribution is -2.38. The van der Waals surface area contributed by atoms with Gasteiger partial charge in [0.2, 0.25) is 5.91 Å². The van der Waals surface area contributed by atoms with Gasteiger partial charge in [0.1, 0.15) is 5.84 Å². The van der Waals surface area contributed by atoms with Crippen LogP contribution in [0.25, 0.3) is 0 Å². The van der Waals surface area contributed by atoms with Gasteiger partial charge >= 0.3 is 0 Å². The molecule has 1 atom stereocenters. The molecule has 0 spiro atoms. The van der Waals surface area contributed by atoms with Gasteiger partial charge in [0.15, 0.2) is 0 Å². The summed E-state index contributed by atoms with van der Waals surface area (Å²) in [7, 11) is 0. The Balaban J connectivity index is 1.71. The van der Waals surface area contributed by atoms with E-state index in [0.29, 0.717) is 12.3 Å². The van der Waals surface area contributed by atoms with Gasteiger partial charge < -0.3 is 5.32 Å². The van der Waals surface area contributed by atoms with E-state index in [1.54, 1.807) is 0 Å². The van der Waals surface area contributed by atoms with Crippen LogP contribution in [0.4, 0.5) is 11.4 Å². The fraction of sp³-hybridized carbons (Fsp3) is 0.125. The molecule has 0 fully saturated rings. The Labute approximate surface area is 164 Å². The van der Waals surface area contributed by atoms with E-state index in [1.165, 1.54) is 0 Å². The van der Waals surface area contributed by atoms with Crippen molar-refractivity contribution in [3.8, 4) is 0 Å². The quantitative estimate of drug-likeness (QED) is 0.698. The van der Waals surface area contributed by atoms with Crippen molar-refractivity contribution >= 4 is 28.8 Å². The molecule has 1 aliphatic heterocycles. The van der Waals surface area contributed by atoms with Gasteiger partial charge in [-0.25, -0.2) is 4.99 Å². The van der Waals surface area contributed by atoms with E-state index < -0.39 is 0 Å². The Kier molecular flexibility index (Phi) is 5.11. The molecular weight excluding hydrogens is 346 g/mol. The topological polar surface area (TPSA) is 53.8 Å². The molecule has 1 N–H and O–H groups in total. The summed E-state index contributed by atoms with van der Waals surface area (Å²) in [4.78, 5) is 22.3. The molecule has 0 aliphatic carbocycles. The number of hydrogen-bond donors (Lipinski definition) is 1. The van der Waals surface area contributed by atoms with E-state index in [2.05, 4.69) is 5.32 Å². The van der Waals surface area contributed by atoms with Crippen molar-refractivity contribution < 1.29 is 4.79 Å². The first-order valence-corrected chi connectivity index (χ1v) is 9.32. The van der Waals surface area contributed by atoms with Gasteiger partial charge in [-0.1, -0.05) is 72.8 Å². The molecule has 1 aliphatic rings. The number of carbonyl (C=O) groups is 1. The first kappa shape index (κ1) is 17.9. The third-order valence-corrected chi connectivity index (χ3v) is 4.72. The maximum absolute atomic E-state index is 12.8. The van der Waals surface area contributed by atoms with Crippen LogP contribution in [0.1, 0.15) is 24.0 Å². The van der Waals surface area contributed by atoms with E-state index in [4.69, 9.17) is 9.98 Å². The average Bonchev–Trinajstić information content (AvgIpc) is 2.84. The maximum atomic E-state index is 12.8. The van der Waals surface area contributed by atoms with Crippen LogP contribution >= 0.6 is 0 Å². The number of rotatable bonds is 3. The van der Waals surface area contributed by atoms with Gasteiger partial charge in [-0.15, -0.1) is 0 Å². The Morgan fingerprint density at radius 2 is 1.39 bits per heavy atom. The number of carbonyl (C=O) groups excluding carboxylic acids is 1. The minimum Gasteiger partial charge on any atom is -0.313 e. The molecule has 4 nitrogen and oxygen atoms in total. The van der Waals surface area contributed by atoms with Crippen molar-refractivity contribution in [2.45, 2.75) is 19.3 Å². The number of hydrogen-bond acceptors (Lipinski definition) is 3. The largest absolute Gasteiger partial charge is 0.313 e. The zero-order valence-electron chi connectivity index (χ0n) is 15.7. The number of aliphatic imine (C=N–C) groups is 2. The highest BCUT2D eigenvalue weighted by Gasteiger charge is 2.26. The highest BCUT2D eigenvalue weighted by molar-refractivity contribution is 6.17. The Morgan fingerprint density at radius 1 is 0.821 bits per heavy atom. The fourth-order valence-electron chi connectivity index (χ4n) is 3.41. The minimum absolute atomic E-state index is 0.0851. The van der Waals surface area contributed by atoms with Crippen molar-refractivity contribution in [1.29, 1.82) is 0 Å². The molecule has 0 unspecified atom stereocenters. The SMILES string of the molecule is CC1=Nc2ccccc2N=C(NC(=O)Cc2ccccc2)[C@@H]1c1ccccc1. The molecule has 0 radical (unpaired) electrons. The van der Waals surface area contributed by atoms with Gasteiger partial charge in [-0.3, -0.25) is 9.79 Å². The number of amides is 1. The summed E-state index contributed by atoms with van der Waals surface area (Å²) in [6.07, 6.45) is 0.305. The summed E-state index contributed by atoms with van der Waals surface area (Å²) in [6, 6.07) is 27.5. The van der Waals surface area contributed by atoms with Gasteiger partial charge in [-0.05, 0) is 30.2 Å². The predicted octanol–water partition coefficient (Wildman–Crippen LogP) is 4.97. The van der Waals surface area contributed by atoms with Crippen LogP contribution in [0.2, 0.25) is 0 Å². The summed E-state index contributed by atoms with van der Waals surface area (Å²) in [5.41, 5.74) is 4.49. The number of nitrogens with zero attached hydrogens (tertiary/aromatic N) is 2. The second kappa shape index (κ2) is 8.01. The molecule has 1 amide bonds. The number of amidine groups is 1. The molecule has 28 heavy (non-hydrogen) atoms. The molecule has 3 aromatic carbocycles. The highest BCUT2D eigenvalue weighted by Crippen LogP contribution is 2.34. The smallest absolute Gasteiger partial charge is 0.229 e. The van der Waals surface area contributed by atoms with Crippen molar-refractivity contribution in [1.82, 2.24) is 5.32 Å². The second-order valence-corrected chi connectivity index (χ2v) is 6.79. The van der Waals surface area contributed by atoms with Crippen molar-refractivity contribution in [3.05, 3.63) is 96.1 Å². The Hall–Kier alpha value is -3.53. The van der Waals surface area contributed by atoms with E-state index in [-0.39, 0.29) is 11.8 Å². The predicted molar refractivity (Wildman–Crippen MR) is 114 cm³/mol. The summed E-state index contributed by atoms with van der Waals surface area (Å²) < 4.78 is 0. The number of para-hydroxylation sites is 2. The van der Waals surface area contributed by atoms with Gasteiger partial charge in [0.05, 0.1) is 23.7 Å². The molecular formula is C24H21N3O. The molecule has 0 saturated heterocycles. The second-order valence-electron chi connectivity index (χ2n) is 6.79. The molecule has 0 bridgehead atoms. The normalized spacial score (nSPS) is 15.7. The van der Waals surface area contributed by atoms with Gasteiger partial charge in [0, 0.05) is 5.71 Å². The number of benzene rings is 3. The lowest BCUT2D eigenvalue weighted by Gasteiger charge is -2.19. The molecule has 138 valence electrons. The third kappa shape index (κ3) is 3.91. The lowest BCUT2D eigenvalue weighted by molar-refractivity contribution is -0.119. The van der Waals surface area contributed by atoms with Gasteiger partial charge in [-0.2, -0.15) is 0 Å². The van der Waals surface area contributed by atoms with E-state index in [1.807, 2.05) is 91.9 Å². The summed E-state index contributed by atoms with van der Waals surface area (Å²) >= 11 is 0. The van der Waals surface area contributed by atoms with Crippen molar-refractivity contribution in [2.24, 2.45) is 9.98 Å². The monoisotopic (exact) mass is 367 g/mol. The van der Waals surface area contributed by atoms with E-state index in [0.717, 1.165) is 28.2 Å². The summed E-state index contributed by atoms with van der Waals surface area (Å²) in [6.45, 7) is 1.98. The molecule has 1 heterocycles. The molecule has 0 saturated carbocycles. The van der Waals surface area contributed by atoms with Crippen molar-refractivity contribution in [2.75, 3.05) is 0 Å². The van der Waals surface area contributed by atoms with Crippen molar-refractivity contribution in [3.63, 3.8) is 0 Å². The molecule has 4 heteroatoms. The first-order valence-electron chi connectivity index (χ1n) is 9.32. The standard InChI is InChI=1S/C24H21N3O/c1-17-23(19-12-6-3-7-13-19)24(26-21-15-9-8-14-20(21)25-17)27-22(28)16-18-10-4-2-5-11-18/h2-15,23H,16H2,1H3,(H,26,27,28)/t23-/m0/s1. The summed E-state index contributed by atoms with van der Waals surface area (Å²) in [5, 5.41) is 3.06. The summed E-state index contributed by atoms with van der Waals surface area (Å²) in [5.74, 6) is 0.324. The Morgan fingerprint density at radius 3 is 2.07 bits per heavy atom. The van der Waals surface area contributed by atoms with Crippen LogP contribution in [0.15, 0.2) is 94.9 Å².